The molecule has 0 saturated carbocycles. The average Bonchev–Trinajstić information content (AvgIpc) is 2.88. The summed E-state index contributed by atoms with van der Waals surface area (Å²) in [7, 11) is -2.35. The minimum atomic E-state index is -4.35. The lowest BCUT2D eigenvalue weighted by molar-refractivity contribution is 0.237. The van der Waals surface area contributed by atoms with Gasteiger partial charge in [-0.25, -0.2) is 17.2 Å². The Morgan fingerprint density at radius 3 is 2.50 bits per heavy atom. The van der Waals surface area contributed by atoms with Crippen LogP contribution >= 0.6 is 0 Å². The zero-order chi connectivity index (χ0) is 18.6. The van der Waals surface area contributed by atoms with Gasteiger partial charge in [-0.3, -0.25) is 4.31 Å². The van der Waals surface area contributed by atoms with Crippen molar-refractivity contribution in [3.05, 3.63) is 59.2 Å². The van der Waals surface area contributed by atoms with Gasteiger partial charge in [0.05, 0.1) is 11.7 Å². The Bertz CT molecular complexity index is 957. The summed E-state index contributed by atoms with van der Waals surface area (Å²) in [6, 6.07) is 8.37. The molecule has 1 fully saturated rings. The van der Waals surface area contributed by atoms with E-state index in [0.717, 1.165) is 29.8 Å². The Morgan fingerprint density at radius 2 is 1.81 bits per heavy atom. The Kier molecular flexibility index (Phi) is 4.04. The molecular weight excluding hydrogens is 358 g/mol. The molecule has 0 spiro atoms. The number of rotatable bonds is 2. The first kappa shape index (κ1) is 17.4. The van der Waals surface area contributed by atoms with Gasteiger partial charge in [0, 0.05) is 12.5 Å². The zero-order valence-electron chi connectivity index (χ0n) is 14.6. The summed E-state index contributed by atoms with van der Waals surface area (Å²) >= 11 is 0. The highest BCUT2D eigenvalue weighted by Crippen LogP contribution is 2.47. The number of fused-ring (bicyclic) bond motifs is 3. The van der Waals surface area contributed by atoms with Gasteiger partial charge in [-0.15, -0.1) is 0 Å². The maximum Gasteiger partial charge on any atom is 0.270 e. The quantitative estimate of drug-likeness (QED) is 0.805. The third-order valence-electron chi connectivity index (χ3n) is 5.34. The van der Waals surface area contributed by atoms with Gasteiger partial charge in [0.15, 0.2) is 4.90 Å². The monoisotopic (exact) mass is 378 g/mol. The molecule has 2 aliphatic heterocycles. The molecule has 2 atom stereocenters. The van der Waals surface area contributed by atoms with Crippen LogP contribution in [0.4, 0.5) is 14.5 Å². The van der Waals surface area contributed by atoms with Crippen LogP contribution in [-0.4, -0.2) is 39.5 Å². The van der Waals surface area contributed by atoms with Crippen LogP contribution < -0.4 is 4.31 Å². The van der Waals surface area contributed by atoms with Crippen LogP contribution in [-0.2, 0) is 10.0 Å². The number of likely N-dealkylation sites (tertiary alicyclic amines) is 1. The van der Waals surface area contributed by atoms with E-state index in [-0.39, 0.29) is 12.0 Å². The molecule has 0 unspecified atom stereocenters. The van der Waals surface area contributed by atoms with Crippen molar-refractivity contribution < 1.29 is 17.2 Å². The summed E-state index contributed by atoms with van der Waals surface area (Å²) in [5, 5.41) is 0. The molecule has 2 aliphatic rings. The maximum absolute atomic E-state index is 14.3. The first-order valence-electron chi connectivity index (χ1n) is 8.58. The van der Waals surface area contributed by atoms with Crippen molar-refractivity contribution in [2.45, 2.75) is 30.2 Å². The highest BCUT2D eigenvalue weighted by molar-refractivity contribution is 7.93. The van der Waals surface area contributed by atoms with Crippen LogP contribution in [0.3, 0.4) is 0 Å². The number of hydrogen-bond acceptors (Lipinski definition) is 3. The van der Waals surface area contributed by atoms with E-state index in [1.54, 1.807) is 6.07 Å². The number of sulfonamides is 1. The minimum Gasteiger partial charge on any atom is -0.306 e. The molecule has 138 valence electrons. The first-order chi connectivity index (χ1) is 12.3. The van der Waals surface area contributed by atoms with Gasteiger partial charge in [-0.05, 0) is 50.7 Å². The third-order valence-corrected chi connectivity index (χ3v) is 7.23. The summed E-state index contributed by atoms with van der Waals surface area (Å²) in [6.07, 6.45) is 0.615. The van der Waals surface area contributed by atoms with Crippen molar-refractivity contribution >= 4 is 15.7 Å². The number of halogens is 2. The summed E-state index contributed by atoms with van der Waals surface area (Å²) in [6.45, 7) is 3.41. The largest absolute Gasteiger partial charge is 0.306 e. The summed E-state index contributed by atoms with van der Waals surface area (Å²) in [4.78, 5) is 1.29. The van der Waals surface area contributed by atoms with Gasteiger partial charge < -0.3 is 4.90 Å². The molecule has 0 bridgehead atoms. The lowest BCUT2D eigenvalue weighted by Gasteiger charge is -2.36. The fourth-order valence-corrected chi connectivity index (χ4v) is 6.03. The van der Waals surface area contributed by atoms with Crippen LogP contribution in [0.5, 0.6) is 0 Å². The van der Waals surface area contributed by atoms with Gasteiger partial charge >= 0.3 is 0 Å². The maximum atomic E-state index is 14.3. The summed E-state index contributed by atoms with van der Waals surface area (Å²) in [5.74, 6) is -2.13. The number of aryl methyl sites for hydroxylation is 1. The number of anilines is 1. The van der Waals surface area contributed by atoms with E-state index in [0.29, 0.717) is 18.7 Å². The molecular formula is C19H20F2N2O2S. The summed E-state index contributed by atoms with van der Waals surface area (Å²) in [5.41, 5.74) is 2.50. The molecule has 0 N–H and O–H groups in total. The molecule has 4 nitrogen and oxygen atoms in total. The molecule has 2 heterocycles. The van der Waals surface area contributed by atoms with Crippen molar-refractivity contribution in [1.29, 1.82) is 0 Å². The number of likely N-dealkylation sites (N-methyl/N-ethyl adjacent to an activating group) is 1. The Labute approximate surface area is 152 Å². The average molecular weight is 378 g/mol. The van der Waals surface area contributed by atoms with Crippen LogP contribution in [0.25, 0.3) is 0 Å². The smallest absolute Gasteiger partial charge is 0.270 e. The molecule has 0 amide bonds. The number of benzene rings is 2. The molecule has 2 aromatic rings. The van der Waals surface area contributed by atoms with Crippen LogP contribution in [0.15, 0.2) is 41.3 Å². The predicted octanol–water partition coefficient (Wildman–Crippen LogP) is 3.27. The highest BCUT2D eigenvalue weighted by atomic mass is 32.2. The van der Waals surface area contributed by atoms with Crippen molar-refractivity contribution in [1.82, 2.24) is 4.90 Å². The minimum absolute atomic E-state index is 0.00624. The van der Waals surface area contributed by atoms with Gasteiger partial charge in [0.2, 0.25) is 0 Å². The molecule has 2 aromatic carbocycles. The molecule has 1 saturated heterocycles. The standard InChI is InChI=1S/C19H20F2N2O2S/c1-12-6-7-17-13(10-12)14-11-22(2)9-8-18(14)23(17)26(24,25)19-15(20)4-3-5-16(19)21/h3-7,10,14,18H,8-9,11H2,1-2H3/t14-,18+/m0/s1. The molecule has 7 heteroatoms. The lowest BCUT2D eigenvalue weighted by Crippen LogP contribution is -2.47. The summed E-state index contributed by atoms with van der Waals surface area (Å²) < 4.78 is 56.4. The van der Waals surface area contributed by atoms with Crippen LogP contribution in [0.1, 0.15) is 23.5 Å². The molecule has 26 heavy (non-hydrogen) atoms. The van der Waals surface area contributed by atoms with E-state index in [9.17, 15) is 17.2 Å². The topological polar surface area (TPSA) is 40.6 Å². The van der Waals surface area contributed by atoms with E-state index in [1.165, 1.54) is 10.4 Å². The van der Waals surface area contributed by atoms with Crippen LogP contribution in [0, 0.1) is 18.6 Å². The number of hydrogen-bond donors (Lipinski definition) is 0. The second-order valence-corrected chi connectivity index (χ2v) is 8.89. The Balaban J connectivity index is 1.91. The SMILES string of the molecule is Cc1ccc2c(c1)[C@@H]1CN(C)CC[C@H]1N2S(=O)(=O)c1c(F)cccc1F. The van der Waals surface area contributed by atoms with Crippen molar-refractivity contribution in [2.24, 2.45) is 0 Å². The highest BCUT2D eigenvalue weighted by Gasteiger charge is 2.47. The third kappa shape index (κ3) is 2.53. The number of nitrogens with zero attached hydrogens (tertiary/aromatic N) is 2. The van der Waals surface area contributed by atoms with E-state index in [2.05, 4.69) is 4.90 Å². The predicted molar refractivity (Wildman–Crippen MR) is 95.8 cm³/mol. The second-order valence-electron chi connectivity index (χ2n) is 7.14. The van der Waals surface area contributed by atoms with E-state index < -0.39 is 26.6 Å². The lowest BCUT2D eigenvalue weighted by atomic mass is 9.89. The fourth-order valence-electron chi connectivity index (χ4n) is 4.17. The van der Waals surface area contributed by atoms with Crippen LogP contribution in [0.2, 0.25) is 0 Å². The Hall–Kier alpha value is -1.99. The molecule has 0 aromatic heterocycles. The van der Waals surface area contributed by atoms with Gasteiger partial charge in [0.25, 0.3) is 10.0 Å². The second kappa shape index (κ2) is 6.03. The molecule has 0 aliphatic carbocycles. The van der Waals surface area contributed by atoms with Gasteiger partial charge in [0.1, 0.15) is 11.6 Å². The van der Waals surface area contributed by atoms with Gasteiger partial charge in [-0.1, -0.05) is 23.8 Å². The zero-order valence-corrected chi connectivity index (χ0v) is 15.4. The molecule has 0 radical (unpaired) electrons. The number of piperidine rings is 1. The van der Waals surface area contributed by atoms with E-state index in [1.807, 2.05) is 26.1 Å². The molecule has 4 rings (SSSR count). The first-order valence-corrected chi connectivity index (χ1v) is 10.0. The normalized spacial score (nSPS) is 23.0. The van der Waals surface area contributed by atoms with Crippen molar-refractivity contribution in [3.8, 4) is 0 Å². The van der Waals surface area contributed by atoms with Gasteiger partial charge in [-0.2, -0.15) is 0 Å². The van der Waals surface area contributed by atoms with E-state index in [4.69, 9.17) is 0 Å². The van der Waals surface area contributed by atoms with Crippen molar-refractivity contribution in [3.63, 3.8) is 0 Å². The van der Waals surface area contributed by atoms with Crippen molar-refractivity contribution in [2.75, 3.05) is 24.4 Å². The fraction of sp³-hybridized carbons (Fsp3) is 0.368. The van der Waals surface area contributed by atoms with E-state index >= 15 is 0 Å². The Morgan fingerprint density at radius 1 is 1.12 bits per heavy atom.